The van der Waals surface area contributed by atoms with Crippen LogP contribution in [0.1, 0.15) is 36.8 Å². The average Bonchev–Trinajstić information content (AvgIpc) is 2.76. The standard InChI is InChI=1S/C16H21N3/c1-4-11-19-14(5-2)18-15(16(19)17)12(3)13-9-7-6-8-10-13/h4,6-10,12H,1,5,11,17H2,2-3H3. The van der Waals surface area contributed by atoms with Crippen molar-refractivity contribution < 1.29 is 0 Å². The van der Waals surface area contributed by atoms with E-state index in [1.807, 2.05) is 28.8 Å². The van der Waals surface area contributed by atoms with Crippen LogP contribution in [0.15, 0.2) is 43.0 Å². The molecule has 0 aliphatic heterocycles. The zero-order valence-corrected chi connectivity index (χ0v) is 11.6. The number of anilines is 1. The van der Waals surface area contributed by atoms with E-state index in [0.717, 1.165) is 23.8 Å². The molecule has 2 aromatic rings. The fourth-order valence-corrected chi connectivity index (χ4v) is 2.35. The maximum atomic E-state index is 6.26. The van der Waals surface area contributed by atoms with E-state index in [-0.39, 0.29) is 5.92 Å². The lowest BCUT2D eigenvalue weighted by molar-refractivity contribution is 0.756. The first-order valence-corrected chi connectivity index (χ1v) is 6.69. The predicted octanol–water partition coefficient (Wildman–Crippen LogP) is 3.37. The first kappa shape index (κ1) is 13.4. The molecule has 0 aliphatic rings. The van der Waals surface area contributed by atoms with Crippen molar-refractivity contribution >= 4 is 5.82 Å². The Morgan fingerprint density at radius 3 is 2.63 bits per heavy atom. The lowest BCUT2D eigenvalue weighted by atomic mass is 9.98. The fraction of sp³-hybridized carbons (Fsp3) is 0.312. The fourth-order valence-electron chi connectivity index (χ4n) is 2.35. The van der Waals surface area contributed by atoms with Gasteiger partial charge in [-0.1, -0.05) is 50.3 Å². The Morgan fingerprint density at radius 1 is 1.37 bits per heavy atom. The number of hydrogen-bond acceptors (Lipinski definition) is 2. The Labute approximate surface area is 114 Å². The molecular formula is C16H21N3. The smallest absolute Gasteiger partial charge is 0.127 e. The van der Waals surface area contributed by atoms with Crippen LogP contribution in [0.5, 0.6) is 0 Å². The minimum Gasteiger partial charge on any atom is -0.384 e. The molecule has 0 spiro atoms. The molecule has 0 amide bonds. The van der Waals surface area contributed by atoms with Crippen molar-refractivity contribution in [1.82, 2.24) is 9.55 Å². The van der Waals surface area contributed by atoms with Gasteiger partial charge in [-0.3, -0.25) is 0 Å². The number of nitrogen functional groups attached to an aromatic ring is 1. The lowest BCUT2D eigenvalue weighted by Crippen LogP contribution is -2.06. The van der Waals surface area contributed by atoms with Crippen molar-refractivity contribution in [3.63, 3.8) is 0 Å². The van der Waals surface area contributed by atoms with Crippen LogP contribution >= 0.6 is 0 Å². The Bertz CT molecular complexity index is 555. The summed E-state index contributed by atoms with van der Waals surface area (Å²) in [6, 6.07) is 10.3. The summed E-state index contributed by atoms with van der Waals surface area (Å²) in [5.41, 5.74) is 8.46. The Balaban J connectivity index is 2.42. The van der Waals surface area contributed by atoms with Gasteiger partial charge in [0, 0.05) is 18.9 Å². The zero-order valence-electron chi connectivity index (χ0n) is 11.6. The average molecular weight is 255 g/mol. The first-order chi connectivity index (χ1) is 9.19. The van der Waals surface area contributed by atoms with Crippen molar-refractivity contribution in [2.45, 2.75) is 32.7 Å². The molecule has 0 saturated heterocycles. The highest BCUT2D eigenvalue weighted by Gasteiger charge is 2.19. The Hall–Kier alpha value is -2.03. The maximum Gasteiger partial charge on any atom is 0.127 e. The molecule has 0 radical (unpaired) electrons. The second-order valence-electron chi connectivity index (χ2n) is 4.68. The quantitative estimate of drug-likeness (QED) is 0.832. The van der Waals surface area contributed by atoms with E-state index in [1.54, 1.807) is 0 Å². The van der Waals surface area contributed by atoms with Crippen LogP contribution in [0.25, 0.3) is 0 Å². The number of imidazole rings is 1. The van der Waals surface area contributed by atoms with Crippen molar-refractivity contribution in [3.8, 4) is 0 Å². The molecule has 2 rings (SSSR count). The van der Waals surface area contributed by atoms with Gasteiger partial charge in [0.05, 0.1) is 5.69 Å². The number of aryl methyl sites for hydroxylation is 1. The summed E-state index contributed by atoms with van der Waals surface area (Å²) in [6.45, 7) is 8.73. The molecule has 1 aromatic carbocycles. The Morgan fingerprint density at radius 2 is 2.05 bits per heavy atom. The molecule has 3 nitrogen and oxygen atoms in total. The van der Waals surface area contributed by atoms with Crippen LogP contribution in [0.4, 0.5) is 5.82 Å². The van der Waals surface area contributed by atoms with E-state index in [4.69, 9.17) is 10.7 Å². The largest absolute Gasteiger partial charge is 0.384 e. The van der Waals surface area contributed by atoms with Crippen LogP contribution in [-0.2, 0) is 13.0 Å². The molecule has 1 unspecified atom stereocenters. The topological polar surface area (TPSA) is 43.8 Å². The first-order valence-electron chi connectivity index (χ1n) is 6.69. The van der Waals surface area contributed by atoms with Crippen LogP contribution < -0.4 is 5.73 Å². The van der Waals surface area contributed by atoms with Crippen LogP contribution in [-0.4, -0.2) is 9.55 Å². The van der Waals surface area contributed by atoms with Gasteiger partial charge in [-0.2, -0.15) is 0 Å². The highest BCUT2D eigenvalue weighted by molar-refractivity contribution is 5.44. The number of benzene rings is 1. The minimum atomic E-state index is 0.206. The van der Waals surface area contributed by atoms with Crippen molar-refractivity contribution in [3.05, 3.63) is 60.1 Å². The van der Waals surface area contributed by atoms with Crippen LogP contribution in [0.2, 0.25) is 0 Å². The lowest BCUT2D eigenvalue weighted by Gasteiger charge is -2.11. The predicted molar refractivity (Wildman–Crippen MR) is 80.2 cm³/mol. The van der Waals surface area contributed by atoms with Gasteiger partial charge < -0.3 is 10.3 Å². The molecule has 19 heavy (non-hydrogen) atoms. The summed E-state index contributed by atoms with van der Waals surface area (Å²) >= 11 is 0. The van der Waals surface area contributed by atoms with Crippen molar-refractivity contribution in [2.75, 3.05) is 5.73 Å². The Kier molecular flexibility index (Phi) is 4.05. The van der Waals surface area contributed by atoms with Gasteiger partial charge in [-0.05, 0) is 5.56 Å². The van der Waals surface area contributed by atoms with Gasteiger partial charge in [0.1, 0.15) is 11.6 Å². The zero-order chi connectivity index (χ0) is 13.8. The summed E-state index contributed by atoms with van der Waals surface area (Å²) in [4.78, 5) is 4.71. The summed E-state index contributed by atoms with van der Waals surface area (Å²) in [7, 11) is 0. The van der Waals surface area contributed by atoms with E-state index in [2.05, 4.69) is 32.6 Å². The monoisotopic (exact) mass is 255 g/mol. The van der Waals surface area contributed by atoms with E-state index < -0.39 is 0 Å². The van der Waals surface area contributed by atoms with E-state index >= 15 is 0 Å². The third kappa shape index (κ3) is 2.55. The van der Waals surface area contributed by atoms with Gasteiger partial charge in [0.25, 0.3) is 0 Å². The van der Waals surface area contributed by atoms with E-state index in [9.17, 15) is 0 Å². The molecule has 0 fully saturated rings. The second-order valence-corrected chi connectivity index (χ2v) is 4.68. The van der Waals surface area contributed by atoms with Crippen molar-refractivity contribution in [1.29, 1.82) is 0 Å². The van der Waals surface area contributed by atoms with E-state index in [0.29, 0.717) is 6.54 Å². The number of hydrogen-bond donors (Lipinski definition) is 1. The number of aromatic nitrogens is 2. The molecule has 2 N–H and O–H groups in total. The van der Waals surface area contributed by atoms with Gasteiger partial charge >= 0.3 is 0 Å². The van der Waals surface area contributed by atoms with Gasteiger partial charge in [0.2, 0.25) is 0 Å². The number of nitrogens with two attached hydrogens (primary N) is 1. The maximum absolute atomic E-state index is 6.26. The van der Waals surface area contributed by atoms with E-state index in [1.165, 1.54) is 5.56 Å². The van der Waals surface area contributed by atoms with Gasteiger partial charge in [-0.25, -0.2) is 4.98 Å². The SMILES string of the molecule is C=CCn1c(CC)nc(C(C)c2ccccc2)c1N. The molecule has 1 aromatic heterocycles. The van der Waals surface area contributed by atoms with Crippen LogP contribution in [0.3, 0.4) is 0 Å². The molecule has 1 atom stereocenters. The van der Waals surface area contributed by atoms with Crippen LogP contribution in [0, 0.1) is 0 Å². The number of allylic oxidation sites excluding steroid dienone is 1. The third-order valence-electron chi connectivity index (χ3n) is 3.45. The highest BCUT2D eigenvalue weighted by atomic mass is 15.1. The summed E-state index contributed by atoms with van der Waals surface area (Å²) < 4.78 is 2.04. The van der Waals surface area contributed by atoms with Gasteiger partial charge in [-0.15, -0.1) is 6.58 Å². The molecule has 3 heteroatoms. The molecule has 0 aliphatic carbocycles. The number of rotatable bonds is 5. The second kappa shape index (κ2) is 5.74. The molecule has 0 saturated carbocycles. The number of nitrogens with zero attached hydrogens (tertiary/aromatic N) is 2. The molecule has 1 heterocycles. The molecule has 0 bridgehead atoms. The normalized spacial score (nSPS) is 12.3. The summed E-state index contributed by atoms with van der Waals surface area (Å²) in [6.07, 6.45) is 2.73. The summed E-state index contributed by atoms with van der Waals surface area (Å²) in [5.74, 6) is 1.99. The van der Waals surface area contributed by atoms with Gasteiger partial charge in [0.15, 0.2) is 0 Å². The minimum absolute atomic E-state index is 0.206. The summed E-state index contributed by atoms with van der Waals surface area (Å²) in [5, 5.41) is 0. The third-order valence-corrected chi connectivity index (χ3v) is 3.45. The molecule has 100 valence electrons. The molecular weight excluding hydrogens is 234 g/mol. The highest BCUT2D eigenvalue weighted by Crippen LogP contribution is 2.28. The van der Waals surface area contributed by atoms with Crippen molar-refractivity contribution in [2.24, 2.45) is 0 Å².